The molecule has 3 rings (SSSR count). The molecule has 2 amide bonds. The predicted octanol–water partition coefficient (Wildman–Crippen LogP) is 4.79. The molecule has 0 aliphatic heterocycles. The van der Waals surface area contributed by atoms with E-state index in [9.17, 15) is 14.9 Å². The SMILES string of the molecule is Cc1cc(C)c(C#N)c(SCC(=O)Nc2ccccc2C(=O)N[C@@H](C)c2ccccc2)n1. The summed E-state index contributed by atoms with van der Waals surface area (Å²) < 4.78 is 0. The Morgan fingerprint density at radius 1 is 1.09 bits per heavy atom. The average Bonchev–Trinajstić information content (AvgIpc) is 2.78. The second-order valence-electron chi connectivity index (χ2n) is 7.36. The van der Waals surface area contributed by atoms with Crippen molar-refractivity contribution in [2.75, 3.05) is 11.1 Å². The molecule has 6 nitrogen and oxygen atoms in total. The number of amides is 2. The highest BCUT2D eigenvalue weighted by Gasteiger charge is 2.17. The maximum Gasteiger partial charge on any atom is 0.253 e. The van der Waals surface area contributed by atoms with Crippen molar-refractivity contribution in [1.29, 1.82) is 5.26 Å². The Balaban J connectivity index is 1.68. The van der Waals surface area contributed by atoms with E-state index in [0.717, 1.165) is 16.8 Å². The van der Waals surface area contributed by atoms with Crippen LogP contribution in [0.3, 0.4) is 0 Å². The first kappa shape index (κ1) is 23.0. The fourth-order valence-electron chi connectivity index (χ4n) is 3.25. The zero-order chi connectivity index (χ0) is 23.1. The van der Waals surface area contributed by atoms with Gasteiger partial charge in [-0.05, 0) is 50.1 Å². The van der Waals surface area contributed by atoms with E-state index < -0.39 is 0 Å². The molecule has 32 heavy (non-hydrogen) atoms. The summed E-state index contributed by atoms with van der Waals surface area (Å²) in [5.41, 5.74) is 3.91. The number of nitrogens with one attached hydrogen (secondary N) is 2. The van der Waals surface area contributed by atoms with Gasteiger partial charge in [-0.1, -0.05) is 54.2 Å². The number of nitriles is 1. The number of hydrogen-bond acceptors (Lipinski definition) is 5. The van der Waals surface area contributed by atoms with E-state index in [1.807, 2.05) is 57.2 Å². The molecule has 0 saturated heterocycles. The Bertz CT molecular complexity index is 1170. The lowest BCUT2D eigenvalue weighted by Gasteiger charge is -2.16. The summed E-state index contributed by atoms with van der Waals surface area (Å²) in [5, 5.41) is 15.7. The minimum Gasteiger partial charge on any atom is -0.345 e. The molecule has 1 aromatic heterocycles. The zero-order valence-electron chi connectivity index (χ0n) is 18.2. The van der Waals surface area contributed by atoms with Gasteiger partial charge in [-0.15, -0.1) is 0 Å². The Hall–Kier alpha value is -3.63. The highest BCUT2D eigenvalue weighted by molar-refractivity contribution is 8.00. The van der Waals surface area contributed by atoms with Gasteiger partial charge in [-0.2, -0.15) is 5.26 Å². The Kier molecular flexibility index (Phi) is 7.63. The van der Waals surface area contributed by atoms with E-state index in [0.29, 0.717) is 21.8 Å². The first-order valence-electron chi connectivity index (χ1n) is 10.1. The van der Waals surface area contributed by atoms with Gasteiger partial charge in [0.05, 0.1) is 28.6 Å². The van der Waals surface area contributed by atoms with Crippen molar-refractivity contribution in [2.45, 2.75) is 31.8 Å². The standard InChI is InChI=1S/C25H24N4O2S/c1-16-13-17(2)27-25(21(16)14-26)32-15-23(30)29-22-12-8-7-11-20(22)24(31)28-18(3)19-9-5-4-6-10-19/h4-13,18H,15H2,1-3H3,(H,28,31)(H,29,30)/t18-/m0/s1. The second-order valence-corrected chi connectivity index (χ2v) is 8.32. The number of anilines is 1. The number of carbonyl (C=O) groups excluding carboxylic acids is 2. The predicted molar refractivity (Wildman–Crippen MR) is 127 cm³/mol. The Morgan fingerprint density at radius 3 is 2.50 bits per heavy atom. The number of benzene rings is 2. The van der Waals surface area contributed by atoms with E-state index in [-0.39, 0.29) is 23.6 Å². The van der Waals surface area contributed by atoms with Crippen LogP contribution in [0.4, 0.5) is 5.69 Å². The minimum atomic E-state index is -0.281. The lowest BCUT2D eigenvalue weighted by Crippen LogP contribution is -2.28. The summed E-state index contributed by atoms with van der Waals surface area (Å²) in [6.07, 6.45) is 0. The van der Waals surface area contributed by atoms with Crippen LogP contribution in [0, 0.1) is 25.2 Å². The fraction of sp³-hybridized carbons (Fsp3) is 0.200. The van der Waals surface area contributed by atoms with Crippen molar-refractivity contribution < 1.29 is 9.59 Å². The first-order valence-corrected chi connectivity index (χ1v) is 11.1. The van der Waals surface area contributed by atoms with Gasteiger partial charge in [0, 0.05) is 5.69 Å². The molecule has 162 valence electrons. The van der Waals surface area contributed by atoms with E-state index in [4.69, 9.17) is 0 Å². The van der Waals surface area contributed by atoms with Crippen molar-refractivity contribution in [3.63, 3.8) is 0 Å². The molecule has 0 aliphatic rings. The van der Waals surface area contributed by atoms with Crippen molar-refractivity contribution in [3.05, 3.63) is 88.6 Å². The number of rotatable bonds is 7. The maximum absolute atomic E-state index is 12.9. The first-order chi connectivity index (χ1) is 15.4. The topological polar surface area (TPSA) is 94.9 Å². The van der Waals surface area contributed by atoms with E-state index >= 15 is 0 Å². The Morgan fingerprint density at radius 2 is 1.78 bits per heavy atom. The van der Waals surface area contributed by atoms with Crippen molar-refractivity contribution in [1.82, 2.24) is 10.3 Å². The summed E-state index contributed by atoms with van der Waals surface area (Å²) in [6, 6.07) is 20.4. The summed E-state index contributed by atoms with van der Waals surface area (Å²) in [6.45, 7) is 5.61. The number of para-hydroxylation sites is 1. The van der Waals surface area contributed by atoms with E-state index in [2.05, 4.69) is 21.7 Å². The van der Waals surface area contributed by atoms with E-state index in [1.165, 1.54) is 11.8 Å². The van der Waals surface area contributed by atoms with Crippen LogP contribution in [0.5, 0.6) is 0 Å². The van der Waals surface area contributed by atoms with Crippen LogP contribution in [0.25, 0.3) is 0 Å². The minimum absolute atomic E-state index is 0.0704. The molecule has 0 fully saturated rings. The van der Waals surface area contributed by atoms with Crippen LogP contribution in [0.2, 0.25) is 0 Å². The van der Waals surface area contributed by atoms with Gasteiger partial charge < -0.3 is 10.6 Å². The highest BCUT2D eigenvalue weighted by Crippen LogP contribution is 2.24. The number of aromatic nitrogens is 1. The summed E-state index contributed by atoms with van der Waals surface area (Å²) in [4.78, 5) is 29.8. The van der Waals surface area contributed by atoms with Gasteiger partial charge in [0.1, 0.15) is 11.1 Å². The van der Waals surface area contributed by atoms with Gasteiger partial charge in [0.25, 0.3) is 5.91 Å². The van der Waals surface area contributed by atoms with Gasteiger partial charge in [-0.25, -0.2) is 4.98 Å². The summed E-state index contributed by atoms with van der Waals surface area (Å²) in [7, 11) is 0. The van der Waals surface area contributed by atoms with Crippen LogP contribution in [-0.4, -0.2) is 22.6 Å². The van der Waals surface area contributed by atoms with Crippen molar-refractivity contribution >= 4 is 29.3 Å². The normalized spacial score (nSPS) is 11.3. The number of hydrogen-bond donors (Lipinski definition) is 2. The second kappa shape index (κ2) is 10.6. The number of carbonyl (C=O) groups is 2. The van der Waals surface area contributed by atoms with Crippen LogP contribution < -0.4 is 10.6 Å². The van der Waals surface area contributed by atoms with Crippen molar-refractivity contribution in [3.8, 4) is 6.07 Å². The van der Waals surface area contributed by atoms with Crippen molar-refractivity contribution in [2.24, 2.45) is 0 Å². The molecule has 0 spiro atoms. The quantitative estimate of drug-likeness (QED) is 0.511. The highest BCUT2D eigenvalue weighted by atomic mass is 32.2. The molecule has 7 heteroatoms. The monoisotopic (exact) mass is 444 g/mol. The van der Waals surface area contributed by atoms with Crippen LogP contribution in [-0.2, 0) is 4.79 Å². The Labute approximate surface area is 192 Å². The lowest BCUT2D eigenvalue weighted by molar-refractivity contribution is -0.113. The molecular weight excluding hydrogens is 420 g/mol. The van der Waals surface area contributed by atoms with Gasteiger partial charge >= 0.3 is 0 Å². The summed E-state index contributed by atoms with van der Waals surface area (Å²) in [5.74, 6) is -0.482. The van der Waals surface area contributed by atoms with Gasteiger partial charge in [-0.3, -0.25) is 9.59 Å². The lowest BCUT2D eigenvalue weighted by atomic mass is 10.1. The third-order valence-electron chi connectivity index (χ3n) is 4.86. The smallest absolute Gasteiger partial charge is 0.253 e. The molecule has 2 N–H and O–H groups in total. The number of nitrogens with zero attached hydrogens (tertiary/aromatic N) is 2. The van der Waals surface area contributed by atoms with E-state index in [1.54, 1.807) is 24.3 Å². The number of thioether (sulfide) groups is 1. The zero-order valence-corrected chi connectivity index (χ0v) is 19.0. The molecule has 2 aromatic carbocycles. The molecule has 1 atom stereocenters. The molecule has 0 bridgehead atoms. The largest absolute Gasteiger partial charge is 0.345 e. The molecular formula is C25H24N4O2S. The van der Waals surface area contributed by atoms with Crippen LogP contribution >= 0.6 is 11.8 Å². The summed E-state index contributed by atoms with van der Waals surface area (Å²) >= 11 is 1.20. The maximum atomic E-state index is 12.9. The average molecular weight is 445 g/mol. The van der Waals surface area contributed by atoms with Crippen LogP contribution in [0.1, 0.15) is 45.7 Å². The number of aryl methyl sites for hydroxylation is 2. The third-order valence-corrected chi connectivity index (χ3v) is 5.83. The molecule has 1 heterocycles. The molecule has 3 aromatic rings. The molecule has 0 saturated carbocycles. The molecule has 0 radical (unpaired) electrons. The van der Waals surface area contributed by atoms with Gasteiger partial charge in [0.15, 0.2) is 0 Å². The molecule has 0 unspecified atom stereocenters. The molecule has 0 aliphatic carbocycles. The van der Waals surface area contributed by atoms with Gasteiger partial charge in [0.2, 0.25) is 5.91 Å². The fourth-order valence-corrected chi connectivity index (χ4v) is 4.15. The van der Waals surface area contributed by atoms with Crippen LogP contribution in [0.15, 0.2) is 65.7 Å². The third kappa shape index (κ3) is 5.74. The number of pyridine rings is 1.